The molecule has 0 saturated heterocycles. The molecule has 0 aliphatic carbocycles. The molecule has 0 N–H and O–H groups in total. The summed E-state index contributed by atoms with van der Waals surface area (Å²) < 4.78 is 11.2. The predicted octanol–water partition coefficient (Wildman–Crippen LogP) is 3.53. The van der Waals surface area contributed by atoms with Crippen molar-refractivity contribution in [1.29, 1.82) is 0 Å². The summed E-state index contributed by atoms with van der Waals surface area (Å²) in [7, 11) is 1.53. The van der Waals surface area contributed by atoms with Gasteiger partial charge in [-0.2, -0.15) is 0 Å². The van der Waals surface area contributed by atoms with Crippen LogP contribution in [0.3, 0.4) is 0 Å². The molecule has 0 unspecified atom stereocenters. The van der Waals surface area contributed by atoms with Gasteiger partial charge in [0, 0.05) is 5.56 Å². The minimum absolute atomic E-state index is 0.503. The number of rotatable bonds is 3. The van der Waals surface area contributed by atoms with Gasteiger partial charge in [-0.1, -0.05) is 0 Å². The van der Waals surface area contributed by atoms with Crippen LogP contribution in [-0.2, 0) is 0 Å². The standard InChI is InChI=1S/C12H9BrO3/c1-15-11-3-2-8(6-9(11)7-14)12-10(13)4-5-16-12/h2-7H,1H3. The van der Waals surface area contributed by atoms with Gasteiger partial charge in [-0.3, -0.25) is 4.79 Å². The van der Waals surface area contributed by atoms with E-state index in [0.29, 0.717) is 17.1 Å². The molecule has 0 radical (unpaired) electrons. The number of furan rings is 1. The number of hydrogen-bond donors (Lipinski definition) is 0. The third-order valence-electron chi connectivity index (χ3n) is 2.24. The van der Waals surface area contributed by atoms with Gasteiger partial charge >= 0.3 is 0 Å². The van der Waals surface area contributed by atoms with Gasteiger partial charge in [-0.25, -0.2) is 0 Å². The van der Waals surface area contributed by atoms with Crippen molar-refractivity contribution in [2.75, 3.05) is 7.11 Å². The van der Waals surface area contributed by atoms with Crippen molar-refractivity contribution in [3.63, 3.8) is 0 Å². The predicted molar refractivity (Wildman–Crippen MR) is 63.8 cm³/mol. The molecule has 1 heterocycles. The third kappa shape index (κ3) is 1.88. The number of methoxy groups -OCH3 is 1. The van der Waals surface area contributed by atoms with E-state index in [1.165, 1.54) is 7.11 Å². The summed E-state index contributed by atoms with van der Waals surface area (Å²) in [4.78, 5) is 10.9. The lowest BCUT2D eigenvalue weighted by molar-refractivity contribution is 0.112. The van der Waals surface area contributed by atoms with E-state index in [4.69, 9.17) is 9.15 Å². The molecular weight excluding hydrogens is 272 g/mol. The summed E-state index contributed by atoms with van der Waals surface area (Å²) in [6.07, 6.45) is 2.35. The molecule has 0 fully saturated rings. The van der Waals surface area contributed by atoms with E-state index in [1.54, 1.807) is 24.5 Å². The lowest BCUT2D eigenvalue weighted by Gasteiger charge is -2.05. The van der Waals surface area contributed by atoms with Gasteiger partial charge in [0.25, 0.3) is 0 Å². The normalized spacial score (nSPS) is 10.1. The first-order valence-corrected chi connectivity index (χ1v) is 5.42. The van der Waals surface area contributed by atoms with Crippen LogP contribution in [0.25, 0.3) is 11.3 Å². The first-order chi connectivity index (χ1) is 7.76. The van der Waals surface area contributed by atoms with Crippen molar-refractivity contribution in [2.24, 2.45) is 0 Å². The smallest absolute Gasteiger partial charge is 0.153 e. The SMILES string of the molecule is COc1ccc(-c2occc2Br)cc1C=O. The van der Waals surface area contributed by atoms with Crippen molar-refractivity contribution < 1.29 is 13.9 Å². The van der Waals surface area contributed by atoms with E-state index in [0.717, 1.165) is 16.3 Å². The molecule has 3 nitrogen and oxygen atoms in total. The molecular formula is C12H9BrO3. The van der Waals surface area contributed by atoms with Crippen molar-refractivity contribution >= 4 is 22.2 Å². The highest BCUT2D eigenvalue weighted by Crippen LogP contribution is 2.31. The highest BCUT2D eigenvalue weighted by Gasteiger charge is 2.09. The third-order valence-corrected chi connectivity index (χ3v) is 2.86. The van der Waals surface area contributed by atoms with Crippen LogP contribution in [0.1, 0.15) is 10.4 Å². The molecule has 4 heteroatoms. The van der Waals surface area contributed by atoms with Gasteiger partial charge in [0.2, 0.25) is 0 Å². The van der Waals surface area contributed by atoms with E-state index in [1.807, 2.05) is 6.07 Å². The van der Waals surface area contributed by atoms with Gasteiger partial charge in [0.1, 0.15) is 11.5 Å². The molecule has 0 saturated carbocycles. The fraction of sp³-hybridized carbons (Fsp3) is 0.0833. The maximum atomic E-state index is 10.9. The van der Waals surface area contributed by atoms with Crippen molar-refractivity contribution in [2.45, 2.75) is 0 Å². The van der Waals surface area contributed by atoms with Gasteiger partial charge in [-0.15, -0.1) is 0 Å². The quantitative estimate of drug-likeness (QED) is 0.808. The topological polar surface area (TPSA) is 39.4 Å². The zero-order valence-corrected chi connectivity index (χ0v) is 10.2. The zero-order valence-electron chi connectivity index (χ0n) is 8.57. The molecule has 16 heavy (non-hydrogen) atoms. The molecule has 0 spiro atoms. The highest BCUT2D eigenvalue weighted by molar-refractivity contribution is 9.10. The lowest BCUT2D eigenvalue weighted by atomic mass is 10.1. The second-order valence-corrected chi connectivity index (χ2v) is 4.03. The summed E-state index contributed by atoms with van der Waals surface area (Å²) in [5.41, 5.74) is 1.34. The van der Waals surface area contributed by atoms with Crippen LogP contribution in [0.2, 0.25) is 0 Å². The molecule has 1 aromatic carbocycles. The highest BCUT2D eigenvalue weighted by atomic mass is 79.9. The number of ether oxygens (including phenoxy) is 1. The molecule has 0 aliphatic heterocycles. The van der Waals surface area contributed by atoms with Gasteiger partial charge in [0.15, 0.2) is 6.29 Å². The Morgan fingerprint density at radius 3 is 2.75 bits per heavy atom. The first-order valence-electron chi connectivity index (χ1n) is 4.63. The van der Waals surface area contributed by atoms with Crippen LogP contribution >= 0.6 is 15.9 Å². The summed E-state index contributed by atoms with van der Waals surface area (Å²) in [5, 5.41) is 0. The monoisotopic (exact) mass is 280 g/mol. The van der Waals surface area contributed by atoms with Crippen LogP contribution in [0.4, 0.5) is 0 Å². The summed E-state index contributed by atoms with van der Waals surface area (Å²) >= 11 is 3.37. The van der Waals surface area contributed by atoms with Crippen LogP contribution in [0.15, 0.2) is 39.4 Å². The largest absolute Gasteiger partial charge is 0.496 e. The molecule has 0 amide bonds. The fourth-order valence-corrected chi connectivity index (χ4v) is 1.90. The number of aldehydes is 1. The zero-order chi connectivity index (χ0) is 11.5. The molecule has 0 bridgehead atoms. The number of halogens is 1. The average Bonchev–Trinajstić information content (AvgIpc) is 2.74. The van der Waals surface area contributed by atoms with Gasteiger partial charge in [-0.05, 0) is 40.2 Å². The maximum absolute atomic E-state index is 10.9. The molecule has 0 atom stereocenters. The van der Waals surface area contributed by atoms with Crippen molar-refractivity contribution in [3.8, 4) is 17.1 Å². The van der Waals surface area contributed by atoms with E-state index >= 15 is 0 Å². The number of hydrogen-bond acceptors (Lipinski definition) is 3. The van der Waals surface area contributed by atoms with Gasteiger partial charge < -0.3 is 9.15 Å². The number of carbonyl (C=O) groups is 1. The van der Waals surface area contributed by atoms with E-state index in [-0.39, 0.29) is 0 Å². The Morgan fingerprint density at radius 2 is 2.19 bits per heavy atom. The Hall–Kier alpha value is -1.55. The van der Waals surface area contributed by atoms with Crippen molar-refractivity contribution in [3.05, 3.63) is 40.6 Å². The Morgan fingerprint density at radius 1 is 1.38 bits per heavy atom. The fourth-order valence-electron chi connectivity index (χ4n) is 1.47. The average molecular weight is 281 g/mol. The van der Waals surface area contributed by atoms with E-state index in [2.05, 4.69) is 15.9 Å². The Labute approximate surface area is 101 Å². The number of benzene rings is 1. The van der Waals surface area contributed by atoms with E-state index in [9.17, 15) is 4.79 Å². The van der Waals surface area contributed by atoms with Gasteiger partial charge in [0.05, 0.1) is 23.4 Å². The van der Waals surface area contributed by atoms with Crippen LogP contribution in [-0.4, -0.2) is 13.4 Å². The Balaban J connectivity index is 2.52. The van der Waals surface area contributed by atoms with E-state index < -0.39 is 0 Å². The molecule has 82 valence electrons. The van der Waals surface area contributed by atoms with Crippen LogP contribution in [0.5, 0.6) is 5.75 Å². The second kappa shape index (κ2) is 4.53. The molecule has 0 aliphatic rings. The summed E-state index contributed by atoms with van der Waals surface area (Å²) in [5.74, 6) is 1.26. The minimum atomic E-state index is 0.503. The second-order valence-electron chi connectivity index (χ2n) is 3.17. The maximum Gasteiger partial charge on any atom is 0.153 e. The minimum Gasteiger partial charge on any atom is -0.496 e. The van der Waals surface area contributed by atoms with Crippen molar-refractivity contribution in [1.82, 2.24) is 0 Å². The summed E-state index contributed by atoms with van der Waals surface area (Å²) in [6.45, 7) is 0. The Kier molecular flexibility index (Phi) is 3.10. The number of carbonyl (C=O) groups excluding carboxylic acids is 1. The van der Waals surface area contributed by atoms with Crippen LogP contribution in [0, 0.1) is 0 Å². The lowest BCUT2D eigenvalue weighted by Crippen LogP contribution is -1.90. The van der Waals surface area contributed by atoms with Crippen LogP contribution < -0.4 is 4.74 Å². The Bertz CT molecular complexity index is 517. The first kappa shape index (κ1) is 11.0. The molecule has 2 aromatic rings. The molecule has 1 aromatic heterocycles. The summed E-state index contributed by atoms with van der Waals surface area (Å²) in [6, 6.07) is 7.12. The molecule has 2 rings (SSSR count).